The number of sulfonamides is 1. The number of carbonyl (C=O) groups is 2. The molecule has 0 saturated heterocycles. The third-order valence-electron chi connectivity index (χ3n) is 3.76. The highest BCUT2D eigenvalue weighted by Gasteiger charge is 2.22. The van der Waals surface area contributed by atoms with Gasteiger partial charge in [0.05, 0.1) is 24.6 Å². The van der Waals surface area contributed by atoms with Gasteiger partial charge in [-0.1, -0.05) is 29.8 Å². The molecule has 2 amide bonds. The van der Waals surface area contributed by atoms with Crippen molar-refractivity contribution in [3.63, 3.8) is 0 Å². The lowest BCUT2D eigenvalue weighted by Gasteiger charge is -2.18. The van der Waals surface area contributed by atoms with Crippen molar-refractivity contribution >= 4 is 21.8 Å². The van der Waals surface area contributed by atoms with E-state index in [1.165, 1.54) is 43.5 Å². The number of aliphatic hydroxyl groups excluding tert-OH is 1. The Bertz CT molecular complexity index is 1020. The number of carbonyl (C=O) groups excluding carboxylic acids is 2. The maximum atomic E-state index is 13.0. The molecule has 2 aromatic rings. The number of aryl methyl sites for hydroxylation is 1. The summed E-state index contributed by atoms with van der Waals surface area (Å²) in [5.41, 5.74) is 1.35. The highest BCUT2D eigenvalue weighted by Crippen LogP contribution is 2.11. The molecule has 0 fully saturated rings. The van der Waals surface area contributed by atoms with Crippen LogP contribution < -0.4 is 4.72 Å². The number of halogens is 1. The zero-order valence-corrected chi connectivity index (χ0v) is 16.4. The van der Waals surface area contributed by atoms with E-state index in [-0.39, 0.29) is 11.4 Å². The van der Waals surface area contributed by atoms with Crippen LogP contribution in [0.1, 0.15) is 11.1 Å². The number of nitrogens with zero attached hydrogens (tertiary/aromatic N) is 1. The zero-order valence-electron chi connectivity index (χ0n) is 15.6. The van der Waals surface area contributed by atoms with E-state index in [1.807, 2.05) is 0 Å². The standard InChI is InChI=1S/C19H19FN2O6S/c1-13-3-9-16(10-4-13)29(26,27)21-19(25)17(23)11-18(24)22(28-2)12-14-5-7-15(20)8-6-14/h3-11,23H,12H2,1-2H3,(H,21,25)/b17-11-. The first kappa shape index (κ1) is 22.1. The van der Waals surface area contributed by atoms with Gasteiger partial charge in [-0.05, 0) is 36.8 Å². The molecule has 0 bridgehead atoms. The number of hydrogen-bond acceptors (Lipinski definition) is 6. The Hall–Kier alpha value is -3.24. The van der Waals surface area contributed by atoms with Crippen LogP contribution in [-0.4, -0.2) is 37.5 Å². The largest absolute Gasteiger partial charge is 0.503 e. The summed E-state index contributed by atoms with van der Waals surface area (Å²) in [6.07, 6.45) is 0.521. The monoisotopic (exact) mass is 422 g/mol. The Morgan fingerprint density at radius 1 is 1.14 bits per heavy atom. The predicted molar refractivity (Wildman–Crippen MR) is 101 cm³/mol. The minimum Gasteiger partial charge on any atom is -0.503 e. The van der Waals surface area contributed by atoms with Gasteiger partial charge in [0.2, 0.25) is 0 Å². The summed E-state index contributed by atoms with van der Waals surface area (Å²) >= 11 is 0. The number of rotatable bonds is 7. The lowest BCUT2D eigenvalue weighted by molar-refractivity contribution is -0.173. The second-order valence-electron chi connectivity index (χ2n) is 5.96. The van der Waals surface area contributed by atoms with E-state index in [9.17, 15) is 27.5 Å². The average molecular weight is 422 g/mol. The molecule has 0 unspecified atom stereocenters. The fourth-order valence-corrected chi connectivity index (χ4v) is 3.15. The SMILES string of the molecule is CON(Cc1ccc(F)cc1)C(=O)/C=C(\O)C(=O)NS(=O)(=O)c1ccc(C)cc1. The first-order chi connectivity index (χ1) is 13.6. The topological polar surface area (TPSA) is 113 Å². The van der Waals surface area contributed by atoms with Gasteiger partial charge in [0.1, 0.15) is 5.82 Å². The Morgan fingerprint density at radius 3 is 2.28 bits per heavy atom. The van der Waals surface area contributed by atoms with Gasteiger partial charge in [-0.2, -0.15) is 0 Å². The summed E-state index contributed by atoms with van der Waals surface area (Å²) in [4.78, 5) is 28.9. The number of aliphatic hydroxyl groups is 1. The van der Waals surface area contributed by atoms with Gasteiger partial charge in [-0.3, -0.25) is 14.4 Å². The second-order valence-corrected chi connectivity index (χ2v) is 7.64. The zero-order chi connectivity index (χ0) is 21.6. The van der Waals surface area contributed by atoms with Gasteiger partial charge in [-0.25, -0.2) is 22.6 Å². The van der Waals surface area contributed by atoms with Crippen LogP contribution in [0, 0.1) is 12.7 Å². The van der Waals surface area contributed by atoms with Crippen molar-refractivity contribution < 1.29 is 32.3 Å². The highest BCUT2D eigenvalue weighted by molar-refractivity contribution is 7.90. The van der Waals surface area contributed by atoms with Gasteiger partial charge in [0.15, 0.2) is 5.76 Å². The van der Waals surface area contributed by atoms with E-state index in [4.69, 9.17) is 4.84 Å². The molecule has 154 valence electrons. The Kier molecular flexibility index (Phi) is 7.08. The van der Waals surface area contributed by atoms with E-state index in [2.05, 4.69) is 0 Å². The van der Waals surface area contributed by atoms with Crippen molar-refractivity contribution in [1.82, 2.24) is 9.79 Å². The molecule has 8 nitrogen and oxygen atoms in total. The van der Waals surface area contributed by atoms with Crippen LogP contribution in [0.4, 0.5) is 4.39 Å². The molecule has 0 spiro atoms. The van der Waals surface area contributed by atoms with Gasteiger partial charge in [0.25, 0.3) is 21.8 Å². The van der Waals surface area contributed by atoms with Crippen molar-refractivity contribution in [1.29, 1.82) is 0 Å². The molecular formula is C19H19FN2O6S. The van der Waals surface area contributed by atoms with Crippen molar-refractivity contribution in [3.05, 3.63) is 77.3 Å². The first-order valence-corrected chi connectivity index (χ1v) is 9.75. The molecule has 0 saturated carbocycles. The normalized spacial score (nSPS) is 11.8. The highest BCUT2D eigenvalue weighted by atomic mass is 32.2. The fraction of sp³-hybridized carbons (Fsp3) is 0.158. The molecular weight excluding hydrogens is 403 g/mol. The van der Waals surface area contributed by atoms with Crippen molar-refractivity contribution in [2.24, 2.45) is 0 Å². The molecule has 0 atom stereocenters. The summed E-state index contributed by atoms with van der Waals surface area (Å²) in [6, 6.07) is 10.9. The molecule has 0 radical (unpaired) electrons. The van der Waals surface area contributed by atoms with Crippen LogP contribution in [-0.2, 0) is 31.0 Å². The number of hydrogen-bond donors (Lipinski definition) is 2. The van der Waals surface area contributed by atoms with E-state index < -0.39 is 33.4 Å². The number of benzene rings is 2. The molecule has 10 heteroatoms. The van der Waals surface area contributed by atoms with Crippen LogP contribution in [0.25, 0.3) is 0 Å². The van der Waals surface area contributed by atoms with Gasteiger partial charge >= 0.3 is 0 Å². The number of amides is 2. The maximum Gasteiger partial charge on any atom is 0.300 e. The third kappa shape index (κ3) is 6.13. The van der Waals surface area contributed by atoms with E-state index in [0.29, 0.717) is 11.6 Å². The van der Waals surface area contributed by atoms with Crippen molar-refractivity contribution in [3.8, 4) is 0 Å². The van der Waals surface area contributed by atoms with E-state index in [0.717, 1.165) is 10.6 Å². The fourth-order valence-electron chi connectivity index (χ4n) is 2.19. The van der Waals surface area contributed by atoms with Crippen LogP contribution in [0.2, 0.25) is 0 Å². The van der Waals surface area contributed by atoms with E-state index in [1.54, 1.807) is 23.8 Å². The minimum absolute atomic E-state index is 0.0946. The van der Waals surface area contributed by atoms with E-state index >= 15 is 0 Å². The molecule has 2 N–H and O–H groups in total. The molecule has 0 aliphatic rings. The molecule has 0 heterocycles. The van der Waals surface area contributed by atoms with Gasteiger partial charge < -0.3 is 5.11 Å². The predicted octanol–water partition coefficient (Wildman–Crippen LogP) is 1.97. The van der Waals surface area contributed by atoms with Crippen LogP contribution in [0.5, 0.6) is 0 Å². The first-order valence-electron chi connectivity index (χ1n) is 8.27. The van der Waals surface area contributed by atoms with Crippen molar-refractivity contribution in [2.75, 3.05) is 7.11 Å². The second kappa shape index (κ2) is 9.30. The quantitative estimate of drug-likeness (QED) is 0.401. The molecule has 29 heavy (non-hydrogen) atoms. The van der Waals surface area contributed by atoms with Crippen molar-refractivity contribution in [2.45, 2.75) is 18.4 Å². The summed E-state index contributed by atoms with van der Waals surface area (Å²) in [7, 11) is -3.04. The maximum absolute atomic E-state index is 13.0. The van der Waals surface area contributed by atoms with Crippen LogP contribution in [0.15, 0.2) is 65.3 Å². The Balaban J connectivity index is 2.09. The Morgan fingerprint density at radius 2 is 1.72 bits per heavy atom. The molecule has 0 aliphatic heterocycles. The minimum atomic E-state index is -4.23. The van der Waals surface area contributed by atoms with Gasteiger partial charge in [-0.15, -0.1) is 0 Å². The average Bonchev–Trinajstić information content (AvgIpc) is 2.67. The van der Waals surface area contributed by atoms with Crippen LogP contribution >= 0.6 is 0 Å². The van der Waals surface area contributed by atoms with Crippen LogP contribution in [0.3, 0.4) is 0 Å². The third-order valence-corrected chi connectivity index (χ3v) is 5.10. The lowest BCUT2D eigenvalue weighted by Crippen LogP contribution is -2.33. The lowest BCUT2D eigenvalue weighted by atomic mass is 10.2. The Labute approximate surface area is 167 Å². The summed E-state index contributed by atoms with van der Waals surface area (Å²) in [5.74, 6) is -3.87. The number of hydroxylamine groups is 2. The van der Waals surface area contributed by atoms with Gasteiger partial charge in [0, 0.05) is 0 Å². The molecule has 2 aromatic carbocycles. The smallest absolute Gasteiger partial charge is 0.300 e. The summed E-state index contributed by atoms with van der Waals surface area (Å²) in [5, 5.41) is 10.6. The molecule has 2 rings (SSSR count). The number of nitrogens with one attached hydrogen (secondary N) is 1. The summed E-state index contributed by atoms with van der Waals surface area (Å²) in [6.45, 7) is 1.67. The molecule has 0 aliphatic carbocycles. The molecule has 0 aromatic heterocycles. The summed E-state index contributed by atoms with van der Waals surface area (Å²) < 4.78 is 39.0.